The SMILES string of the molecule is C=CCCC(O)CNC1(c2noc(C)n2)CCCC1. The molecule has 1 aromatic rings. The van der Waals surface area contributed by atoms with Crippen LogP contribution in [-0.2, 0) is 5.54 Å². The van der Waals surface area contributed by atoms with Crippen LogP contribution in [0.5, 0.6) is 0 Å². The standard InChI is InChI=1S/C14H23N3O2/c1-3-4-7-12(18)10-15-14(8-5-6-9-14)13-16-11(2)19-17-13/h3,12,15,18H,1,4-10H2,2H3. The van der Waals surface area contributed by atoms with Crippen LogP contribution in [-0.4, -0.2) is 27.9 Å². The fraction of sp³-hybridized carbons (Fsp3) is 0.714. The van der Waals surface area contributed by atoms with Crippen molar-refractivity contribution in [1.29, 1.82) is 0 Å². The maximum atomic E-state index is 9.93. The first-order valence-electron chi connectivity index (χ1n) is 7.01. The van der Waals surface area contributed by atoms with Crippen molar-refractivity contribution in [2.45, 2.75) is 57.1 Å². The number of hydrogen-bond acceptors (Lipinski definition) is 5. The second-order valence-electron chi connectivity index (χ2n) is 5.33. The highest BCUT2D eigenvalue weighted by atomic mass is 16.5. The fourth-order valence-corrected chi connectivity index (χ4v) is 2.68. The molecular weight excluding hydrogens is 242 g/mol. The van der Waals surface area contributed by atoms with E-state index in [1.807, 2.05) is 6.08 Å². The Morgan fingerprint density at radius 2 is 2.26 bits per heavy atom. The molecule has 1 fully saturated rings. The minimum absolute atomic E-state index is 0.215. The lowest BCUT2D eigenvalue weighted by Gasteiger charge is -2.28. The number of aromatic nitrogens is 2. The monoisotopic (exact) mass is 265 g/mol. The van der Waals surface area contributed by atoms with E-state index in [2.05, 4.69) is 22.0 Å². The first-order chi connectivity index (χ1) is 9.16. The molecule has 0 aromatic carbocycles. The first-order valence-corrected chi connectivity index (χ1v) is 7.01. The average Bonchev–Trinajstić information content (AvgIpc) is 3.03. The largest absolute Gasteiger partial charge is 0.392 e. The number of nitrogens with zero attached hydrogens (tertiary/aromatic N) is 2. The molecule has 5 nitrogen and oxygen atoms in total. The fourth-order valence-electron chi connectivity index (χ4n) is 2.68. The Balaban J connectivity index is 1.98. The van der Waals surface area contributed by atoms with Crippen LogP contribution in [0.3, 0.4) is 0 Å². The Hall–Kier alpha value is -1.20. The van der Waals surface area contributed by atoms with E-state index in [0.717, 1.165) is 44.3 Å². The minimum Gasteiger partial charge on any atom is -0.392 e. The molecular formula is C14H23N3O2. The number of aryl methyl sites for hydroxylation is 1. The molecule has 0 amide bonds. The van der Waals surface area contributed by atoms with Gasteiger partial charge >= 0.3 is 0 Å². The lowest BCUT2D eigenvalue weighted by molar-refractivity contribution is 0.143. The van der Waals surface area contributed by atoms with Crippen LogP contribution < -0.4 is 5.32 Å². The Morgan fingerprint density at radius 3 is 2.84 bits per heavy atom. The van der Waals surface area contributed by atoms with Gasteiger partial charge in [0, 0.05) is 13.5 Å². The van der Waals surface area contributed by atoms with Gasteiger partial charge in [0.05, 0.1) is 11.6 Å². The third-order valence-corrected chi connectivity index (χ3v) is 3.79. The molecule has 2 N–H and O–H groups in total. The van der Waals surface area contributed by atoms with Crippen molar-refractivity contribution >= 4 is 0 Å². The van der Waals surface area contributed by atoms with Gasteiger partial charge in [0.15, 0.2) is 5.82 Å². The van der Waals surface area contributed by atoms with Crippen LogP contribution in [0.1, 0.15) is 50.2 Å². The molecule has 2 rings (SSSR count). The molecule has 1 heterocycles. The summed E-state index contributed by atoms with van der Waals surface area (Å²) in [7, 11) is 0. The Bertz CT molecular complexity index is 411. The second kappa shape index (κ2) is 6.30. The summed E-state index contributed by atoms with van der Waals surface area (Å²) < 4.78 is 5.10. The van der Waals surface area contributed by atoms with Crippen molar-refractivity contribution in [2.75, 3.05) is 6.54 Å². The van der Waals surface area contributed by atoms with E-state index in [1.165, 1.54) is 0 Å². The molecule has 1 unspecified atom stereocenters. The molecule has 1 aromatic heterocycles. The van der Waals surface area contributed by atoms with E-state index in [0.29, 0.717) is 12.4 Å². The molecule has 1 aliphatic rings. The summed E-state index contributed by atoms with van der Waals surface area (Å²) in [6, 6.07) is 0. The van der Waals surface area contributed by atoms with Crippen molar-refractivity contribution in [3.63, 3.8) is 0 Å². The highest BCUT2D eigenvalue weighted by Crippen LogP contribution is 2.37. The van der Waals surface area contributed by atoms with Gasteiger partial charge < -0.3 is 14.9 Å². The molecule has 19 heavy (non-hydrogen) atoms. The zero-order valence-corrected chi connectivity index (χ0v) is 11.6. The third kappa shape index (κ3) is 3.42. The van der Waals surface area contributed by atoms with Gasteiger partial charge in [-0.1, -0.05) is 24.1 Å². The van der Waals surface area contributed by atoms with Crippen LogP contribution in [0.15, 0.2) is 17.2 Å². The molecule has 0 bridgehead atoms. The number of aliphatic hydroxyl groups excluding tert-OH is 1. The van der Waals surface area contributed by atoms with Crippen LogP contribution in [0.25, 0.3) is 0 Å². The number of aliphatic hydroxyl groups is 1. The number of rotatable bonds is 7. The second-order valence-corrected chi connectivity index (χ2v) is 5.33. The number of hydrogen-bond donors (Lipinski definition) is 2. The quantitative estimate of drug-likeness (QED) is 0.738. The van der Waals surface area contributed by atoms with Crippen molar-refractivity contribution in [3.8, 4) is 0 Å². The van der Waals surface area contributed by atoms with Crippen molar-refractivity contribution < 1.29 is 9.63 Å². The lowest BCUT2D eigenvalue weighted by atomic mass is 9.96. The topological polar surface area (TPSA) is 71.2 Å². The summed E-state index contributed by atoms with van der Waals surface area (Å²) >= 11 is 0. The summed E-state index contributed by atoms with van der Waals surface area (Å²) in [5.41, 5.74) is -0.215. The first kappa shape index (κ1) is 14.2. The van der Waals surface area contributed by atoms with Crippen LogP contribution in [0.2, 0.25) is 0 Å². The van der Waals surface area contributed by atoms with Crippen LogP contribution in [0.4, 0.5) is 0 Å². The predicted octanol–water partition coefficient (Wildman–Crippen LogP) is 2.06. The van der Waals surface area contributed by atoms with Crippen LogP contribution >= 0.6 is 0 Å². The van der Waals surface area contributed by atoms with Crippen molar-refractivity contribution in [1.82, 2.24) is 15.5 Å². The zero-order valence-electron chi connectivity index (χ0n) is 11.6. The van der Waals surface area contributed by atoms with E-state index in [1.54, 1.807) is 6.92 Å². The Labute approximate surface area is 114 Å². The van der Waals surface area contributed by atoms with E-state index in [9.17, 15) is 5.11 Å². The average molecular weight is 265 g/mol. The molecule has 1 saturated carbocycles. The Kier molecular flexibility index (Phi) is 4.71. The van der Waals surface area contributed by atoms with Gasteiger partial charge in [-0.2, -0.15) is 4.98 Å². The molecule has 106 valence electrons. The van der Waals surface area contributed by atoms with Gasteiger partial charge in [-0.15, -0.1) is 6.58 Å². The summed E-state index contributed by atoms with van der Waals surface area (Å²) in [4.78, 5) is 4.37. The predicted molar refractivity (Wildman–Crippen MR) is 72.6 cm³/mol. The molecule has 1 atom stereocenters. The van der Waals surface area contributed by atoms with E-state index in [4.69, 9.17) is 4.52 Å². The normalized spacial score (nSPS) is 19.5. The van der Waals surface area contributed by atoms with E-state index in [-0.39, 0.29) is 11.6 Å². The summed E-state index contributed by atoms with van der Waals surface area (Å²) in [5, 5.41) is 17.5. The van der Waals surface area contributed by atoms with Gasteiger partial charge in [-0.25, -0.2) is 0 Å². The van der Waals surface area contributed by atoms with E-state index >= 15 is 0 Å². The summed E-state index contributed by atoms with van der Waals surface area (Å²) in [5.74, 6) is 1.33. The minimum atomic E-state index is -0.358. The molecule has 5 heteroatoms. The zero-order chi connectivity index (χ0) is 13.7. The van der Waals surface area contributed by atoms with Crippen molar-refractivity contribution in [3.05, 3.63) is 24.4 Å². The highest BCUT2D eigenvalue weighted by molar-refractivity contribution is 5.08. The summed E-state index contributed by atoms with van der Waals surface area (Å²) in [6.07, 6.45) is 7.35. The van der Waals surface area contributed by atoms with Gasteiger partial charge in [0.25, 0.3) is 0 Å². The van der Waals surface area contributed by atoms with Crippen molar-refractivity contribution in [2.24, 2.45) is 0 Å². The van der Waals surface area contributed by atoms with Gasteiger partial charge in [-0.3, -0.25) is 0 Å². The van der Waals surface area contributed by atoms with Gasteiger partial charge in [0.1, 0.15) is 0 Å². The number of nitrogens with one attached hydrogen (secondary N) is 1. The maximum absolute atomic E-state index is 9.93. The molecule has 0 spiro atoms. The number of allylic oxidation sites excluding steroid dienone is 1. The molecule has 1 aliphatic carbocycles. The summed E-state index contributed by atoms with van der Waals surface area (Å²) in [6.45, 7) is 6.03. The van der Waals surface area contributed by atoms with Crippen LogP contribution in [0, 0.1) is 6.92 Å². The molecule has 0 aliphatic heterocycles. The smallest absolute Gasteiger partial charge is 0.223 e. The van der Waals surface area contributed by atoms with E-state index < -0.39 is 0 Å². The molecule has 0 radical (unpaired) electrons. The maximum Gasteiger partial charge on any atom is 0.223 e. The van der Waals surface area contributed by atoms with Gasteiger partial charge in [-0.05, 0) is 25.7 Å². The Morgan fingerprint density at radius 1 is 1.53 bits per heavy atom. The highest BCUT2D eigenvalue weighted by Gasteiger charge is 2.39. The third-order valence-electron chi connectivity index (χ3n) is 3.79. The lowest BCUT2D eigenvalue weighted by Crippen LogP contribution is -2.44. The molecule has 0 saturated heterocycles. The van der Waals surface area contributed by atoms with Gasteiger partial charge in [0.2, 0.25) is 5.89 Å².